The zero-order valence-electron chi connectivity index (χ0n) is 9.51. The van der Waals surface area contributed by atoms with Gasteiger partial charge in [0.2, 0.25) is 5.95 Å². The number of aromatic nitrogens is 2. The van der Waals surface area contributed by atoms with E-state index in [9.17, 15) is 4.79 Å². The van der Waals surface area contributed by atoms with Crippen LogP contribution in [-0.2, 0) is 4.74 Å². The Kier molecular flexibility index (Phi) is 4.65. The highest BCUT2D eigenvalue weighted by atomic mass is 16.5. The highest BCUT2D eigenvalue weighted by Gasteiger charge is 2.07. The Morgan fingerprint density at radius 3 is 3.00 bits per heavy atom. The number of carbonyl (C=O) groups is 1. The standard InChI is InChI=1S/C10H16N4O2/c1-14(6-3-7-16-2)10-12-5-4-8(13-10)9(11)15/h4-5H,3,6-7H2,1-2H3,(H2,11,15). The second-order valence-corrected chi connectivity index (χ2v) is 3.37. The van der Waals surface area contributed by atoms with Gasteiger partial charge in [-0.25, -0.2) is 9.97 Å². The van der Waals surface area contributed by atoms with Crippen molar-refractivity contribution in [2.24, 2.45) is 5.73 Å². The number of primary amides is 1. The van der Waals surface area contributed by atoms with Crippen LogP contribution in [0, 0.1) is 0 Å². The Morgan fingerprint density at radius 2 is 2.38 bits per heavy atom. The minimum atomic E-state index is -0.547. The van der Waals surface area contributed by atoms with Crippen LogP contribution in [-0.4, -0.2) is 43.2 Å². The maximum absolute atomic E-state index is 10.9. The van der Waals surface area contributed by atoms with Gasteiger partial charge in [-0.1, -0.05) is 0 Å². The lowest BCUT2D eigenvalue weighted by molar-refractivity contribution is 0.0995. The summed E-state index contributed by atoms with van der Waals surface area (Å²) in [6, 6.07) is 1.49. The average Bonchev–Trinajstić information content (AvgIpc) is 2.29. The van der Waals surface area contributed by atoms with Gasteiger partial charge in [-0.2, -0.15) is 0 Å². The molecule has 1 heterocycles. The van der Waals surface area contributed by atoms with Crippen LogP contribution in [0.4, 0.5) is 5.95 Å². The van der Waals surface area contributed by atoms with E-state index in [2.05, 4.69) is 9.97 Å². The van der Waals surface area contributed by atoms with Gasteiger partial charge in [0.25, 0.3) is 5.91 Å². The van der Waals surface area contributed by atoms with Gasteiger partial charge in [0.05, 0.1) is 0 Å². The van der Waals surface area contributed by atoms with E-state index in [4.69, 9.17) is 10.5 Å². The van der Waals surface area contributed by atoms with Crippen molar-refractivity contribution in [3.8, 4) is 0 Å². The summed E-state index contributed by atoms with van der Waals surface area (Å²) >= 11 is 0. The molecule has 1 rings (SSSR count). The van der Waals surface area contributed by atoms with Crippen LogP contribution >= 0.6 is 0 Å². The van der Waals surface area contributed by atoms with E-state index in [1.54, 1.807) is 7.11 Å². The molecule has 6 heteroatoms. The number of amides is 1. The first-order chi connectivity index (χ1) is 7.65. The van der Waals surface area contributed by atoms with Crippen molar-refractivity contribution in [3.63, 3.8) is 0 Å². The predicted octanol–water partition coefficient (Wildman–Crippen LogP) is 0.0482. The predicted molar refractivity (Wildman–Crippen MR) is 60.3 cm³/mol. The van der Waals surface area contributed by atoms with E-state index < -0.39 is 5.91 Å². The first-order valence-electron chi connectivity index (χ1n) is 4.98. The Labute approximate surface area is 94.4 Å². The molecular weight excluding hydrogens is 208 g/mol. The van der Waals surface area contributed by atoms with Crippen LogP contribution in [0.1, 0.15) is 16.9 Å². The van der Waals surface area contributed by atoms with E-state index in [1.165, 1.54) is 12.3 Å². The first kappa shape index (κ1) is 12.4. The fourth-order valence-corrected chi connectivity index (χ4v) is 1.22. The molecule has 16 heavy (non-hydrogen) atoms. The third kappa shape index (κ3) is 3.47. The molecule has 88 valence electrons. The Morgan fingerprint density at radius 1 is 1.62 bits per heavy atom. The molecule has 0 aliphatic carbocycles. The molecule has 0 atom stereocenters. The van der Waals surface area contributed by atoms with Gasteiger partial charge in [-0.3, -0.25) is 4.79 Å². The fourth-order valence-electron chi connectivity index (χ4n) is 1.22. The molecule has 0 aromatic carbocycles. The van der Waals surface area contributed by atoms with Gasteiger partial charge < -0.3 is 15.4 Å². The normalized spacial score (nSPS) is 10.1. The summed E-state index contributed by atoms with van der Waals surface area (Å²) in [7, 11) is 3.51. The molecule has 0 aliphatic heterocycles. The molecule has 1 amide bonds. The topological polar surface area (TPSA) is 81.3 Å². The molecule has 6 nitrogen and oxygen atoms in total. The summed E-state index contributed by atoms with van der Waals surface area (Å²) in [6.07, 6.45) is 2.40. The maximum Gasteiger partial charge on any atom is 0.267 e. The second kappa shape index (κ2) is 6.02. The second-order valence-electron chi connectivity index (χ2n) is 3.37. The van der Waals surface area contributed by atoms with Gasteiger partial charge >= 0.3 is 0 Å². The monoisotopic (exact) mass is 224 g/mol. The van der Waals surface area contributed by atoms with Gasteiger partial charge in [0.1, 0.15) is 5.69 Å². The molecular formula is C10H16N4O2. The van der Waals surface area contributed by atoms with Crippen molar-refractivity contribution in [1.82, 2.24) is 9.97 Å². The molecule has 0 radical (unpaired) electrons. The van der Waals surface area contributed by atoms with Crippen LogP contribution in [0.2, 0.25) is 0 Å². The van der Waals surface area contributed by atoms with Gasteiger partial charge in [0.15, 0.2) is 0 Å². The number of anilines is 1. The van der Waals surface area contributed by atoms with E-state index in [0.717, 1.165) is 13.0 Å². The summed E-state index contributed by atoms with van der Waals surface area (Å²) in [5, 5.41) is 0. The lowest BCUT2D eigenvalue weighted by atomic mass is 10.4. The zero-order valence-corrected chi connectivity index (χ0v) is 9.51. The Bertz CT molecular complexity index is 356. The van der Waals surface area contributed by atoms with Crippen molar-refractivity contribution in [2.45, 2.75) is 6.42 Å². The first-order valence-corrected chi connectivity index (χ1v) is 4.98. The van der Waals surface area contributed by atoms with Crippen LogP contribution in [0.5, 0.6) is 0 Å². The highest BCUT2D eigenvalue weighted by molar-refractivity contribution is 5.90. The van der Waals surface area contributed by atoms with Crippen molar-refractivity contribution in [1.29, 1.82) is 0 Å². The minimum Gasteiger partial charge on any atom is -0.385 e. The highest BCUT2D eigenvalue weighted by Crippen LogP contribution is 2.05. The van der Waals surface area contributed by atoms with Crippen molar-refractivity contribution < 1.29 is 9.53 Å². The quantitative estimate of drug-likeness (QED) is 0.690. The molecule has 0 spiro atoms. The number of nitrogens with zero attached hydrogens (tertiary/aromatic N) is 3. The average molecular weight is 224 g/mol. The summed E-state index contributed by atoms with van der Waals surface area (Å²) in [5.74, 6) is -0.0543. The molecule has 0 unspecified atom stereocenters. The maximum atomic E-state index is 10.9. The number of ether oxygens (including phenoxy) is 1. The largest absolute Gasteiger partial charge is 0.385 e. The molecule has 1 aromatic heterocycles. The van der Waals surface area contributed by atoms with Gasteiger partial charge in [-0.15, -0.1) is 0 Å². The third-order valence-electron chi connectivity index (χ3n) is 2.08. The van der Waals surface area contributed by atoms with E-state index in [1.807, 2.05) is 11.9 Å². The van der Waals surface area contributed by atoms with Crippen molar-refractivity contribution >= 4 is 11.9 Å². The number of hydrogen-bond acceptors (Lipinski definition) is 5. The molecule has 0 fully saturated rings. The van der Waals surface area contributed by atoms with E-state index in [-0.39, 0.29) is 5.69 Å². The number of nitrogens with two attached hydrogens (primary N) is 1. The summed E-state index contributed by atoms with van der Waals surface area (Å²) in [5.41, 5.74) is 5.36. The lowest BCUT2D eigenvalue weighted by Gasteiger charge is -2.16. The van der Waals surface area contributed by atoms with Crippen molar-refractivity contribution in [2.75, 3.05) is 32.2 Å². The molecule has 1 aromatic rings. The molecule has 2 N–H and O–H groups in total. The minimum absolute atomic E-state index is 0.226. The van der Waals surface area contributed by atoms with Crippen LogP contribution in [0.25, 0.3) is 0 Å². The molecule has 0 saturated heterocycles. The fraction of sp³-hybridized carbons (Fsp3) is 0.500. The lowest BCUT2D eigenvalue weighted by Crippen LogP contribution is -2.23. The van der Waals surface area contributed by atoms with Gasteiger partial charge in [-0.05, 0) is 12.5 Å². The van der Waals surface area contributed by atoms with Crippen molar-refractivity contribution in [3.05, 3.63) is 18.0 Å². The molecule has 0 aliphatic rings. The summed E-state index contributed by atoms with van der Waals surface area (Å²) in [6.45, 7) is 1.44. The van der Waals surface area contributed by atoms with Crippen LogP contribution in [0.3, 0.4) is 0 Å². The number of rotatable bonds is 6. The molecule has 0 bridgehead atoms. The number of carbonyl (C=O) groups excluding carboxylic acids is 1. The van der Waals surface area contributed by atoms with E-state index >= 15 is 0 Å². The van der Waals surface area contributed by atoms with Crippen LogP contribution in [0.15, 0.2) is 12.3 Å². The third-order valence-corrected chi connectivity index (χ3v) is 2.08. The zero-order chi connectivity index (χ0) is 12.0. The summed E-state index contributed by atoms with van der Waals surface area (Å²) in [4.78, 5) is 20.9. The van der Waals surface area contributed by atoms with Crippen LogP contribution < -0.4 is 10.6 Å². The van der Waals surface area contributed by atoms with Gasteiger partial charge in [0, 0.05) is 33.5 Å². The Hall–Kier alpha value is -1.69. The van der Waals surface area contributed by atoms with E-state index in [0.29, 0.717) is 12.6 Å². The summed E-state index contributed by atoms with van der Waals surface area (Å²) < 4.78 is 4.95. The smallest absolute Gasteiger partial charge is 0.267 e. The Balaban J connectivity index is 2.64. The SMILES string of the molecule is COCCCN(C)c1nccc(C(N)=O)n1. The number of methoxy groups -OCH3 is 1. The molecule has 0 saturated carbocycles. The number of hydrogen-bond donors (Lipinski definition) is 1.